The first-order valence-corrected chi connectivity index (χ1v) is 8.76. The summed E-state index contributed by atoms with van der Waals surface area (Å²) in [4.78, 5) is 41.8. The molecular weight excluding hydrogens is 398 g/mol. The average molecular weight is 408 g/mol. The Morgan fingerprint density at radius 1 is 1.00 bits per heavy atom. The maximum atomic E-state index is 13.2. The summed E-state index contributed by atoms with van der Waals surface area (Å²) in [5.74, 6) is 0. The van der Waals surface area contributed by atoms with Crippen LogP contribution in [0, 0.1) is 0 Å². The molecular formula is C18H10ClN7O3. The van der Waals surface area contributed by atoms with E-state index in [-0.39, 0.29) is 16.3 Å². The van der Waals surface area contributed by atoms with E-state index in [1.54, 1.807) is 30.3 Å². The first-order chi connectivity index (χ1) is 14.0. The van der Waals surface area contributed by atoms with Crippen LogP contribution in [-0.4, -0.2) is 35.0 Å². The third-order valence-electron chi connectivity index (χ3n) is 4.54. The quantitative estimate of drug-likeness (QED) is 0.422. The van der Waals surface area contributed by atoms with Crippen molar-refractivity contribution in [3.8, 4) is 11.4 Å². The van der Waals surface area contributed by atoms with E-state index in [1.807, 2.05) is 0 Å². The highest BCUT2D eigenvalue weighted by molar-refractivity contribution is 6.31. The lowest BCUT2D eigenvalue weighted by Gasteiger charge is -2.11. The van der Waals surface area contributed by atoms with Gasteiger partial charge in [0.1, 0.15) is 17.2 Å². The molecule has 0 saturated heterocycles. The Morgan fingerprint density at radius 2 is 1.79 bits per heavy atom. The molecule has 0 fully saturated rings. The second kappa shape index (κ2) is 6.24. The second-order valence-electron chi connectivity index (χ2n) is 6.22. The monoisotopic (exact) mass is 407 g/mol. The van der Waals surface area contributed by atoms with Crippen LogP contribution in [0.4, 0.5) is 0 Å². The third kappa shape index (κ3) is 2.57. The molecule has 3 heterocycles. The normalized spacial score (nSPS) is 11.3. The van der Waals surface area contributed by atoms with Crippen molar-refractivity contribution in [3.63, 3.8) is 0 Å². The average Bonchev–Trinajstić information content (AvgIpc) is 3.25. The lowest BCUT2D eigenvalue weighted by Crippen LogP contribution is -2.33. The molecule has 3 aromatic heterocycles. The van der Waals surface area contributed by atoms with Crippen LogP contribution in [-0.2, 0) is 0 Å². The van der Waals surface area contributed by atoms with Gasteiger partial charge in [0.2, 0.25) is 5.43 Å². The van der Waals surface area contributed by atoms with Gasteiger partial charge in [0, 0.05) is 10.4 Å². The minimum atomic E-state index is -0.682. The van der Waals surface area contributed by atoms with Gasteiger partial charge in [0.15, 0.2) is 0 Å². The number of hydrogen-bond acceptors (Lipinski definition) is 6. The summed E-state index contributed by atoms with van der Waals surface area (Å²) in [5, 5.41) is 13.9. The zero-order chi connectivity index (χ0) is 20.1. The number of pyridine rings is 1. The molecule has 0 aliphatic carbocycles. The fraction of sp³-hybridized carbons (Fsp3) is 0. The number of hydrogen-bond donors (Lipinski definition) is 2. The van der Waals surface area contributed by atoms with Gasteiger partial charge in [-0.2, -0.15) is 4.68 Å². The van der Waals surface area contributed by atoms with Crippen LogP contribution in [0.2, 0.25) is 5.02 Å². The Labute approximate surface area is 165 Å². The maximum Gasteiger partial charge on any atom is 0.287 e. The Morgan fingerprint density at radius 3 is 2.55 bits per heavy atom. The number of aromatic nitrogens is 7. The SMILES string of the molecule is O=c1[nH]n(-c2ccccc2-n2cnnn2)c(=O)c2c(=O)c3ccc(Cl)cc3[nH]c12. The predicted molar refractivity (Wildman–Crippen MR) is 106 cm³/mol. The number of rotatable bonds is 2. The van der Waals surface area contributed by atoms with Crippen LogP contribution in [0.25, 0.3) is 33.2 Å². The van der Waals surface area contributed by atoms with E-state index >= 15 is 0 Å². The molecule has 11 heteroatoms. The first kappa shape index (κ1) is 17.1. The minimum absolute atomic E-state index is 0.120. The molecule has 0 spiro atoms. The van der Waals surface area contributed by atoms with Gasteiger partial charge in [-0.25, -0.2) is 4.68 Å². The Balaban J connectivity index is 1.91. The van der Waals surface area contributed by atoms with Gasteiger partial charge >= 0.3 is 0 Å². The number of fused-ring (bicyclic) bond motifs is 2. The van der Waals surface area contributed by atoms with Crippen molar-refractivity contribution >= 4 is 33.4 Å². The number of H-pyrrole nitrogens is 2. The molecule has 0 radical (unpaired) electrons. The molecule has 0 saturated carbocycles. The maximum absolute atomic E-state index is 13.2. The number of para-hydroxylation sites is 2. The van der Waals surface area contributed by atoms with Crippen LogP contribution in [0.5, 0.6) is 0 Å². The van der Waals surface area contributed by atoms with Gasteiger partial charge in [-0.3, -0.25) is 19.5 Å². The lowest BCUT2D eigenvalue weighted by molar-refractivity contribution is 0.753. The van der Waals surface area contributed by atoms with Gasteiger partial charge in [-0.05, 0) is 40.8 Å². The summed E-state index contributed by atoms with van der Waals surface area (Å²) in [6.45, 7) is 0. The van der Waals surface area contributed by atoms with E-state index in [9.17, 15) is 14.4 Å². The number of halogens is 1. The summed E-state index contributed by atoms with van der Waals surface area (Å²) in [6.07, 6.45) is 1.35. The molecule has 142 valence electrons. The van der Waals surface area contributed by atoms with Crippen molar-refractivity contribution in [1.29, 1.82) is 0 Å². The van der Waals surface area contributed by atoms with E-state index in [4.69, 9.17) is 11.6 Å². The van der Waals surface area contributed by atoms with Gasteiger partial charge in [0.25, 0.3) is 11.1 Å². The Hall–Kier alpha value is -4.05. The largest absolute Gasteiger partial charge is 0.350 e. The highest BCUT2D eigenvalue weighted by Crippen LogP contribution is 2.18. The highest BCUT2D eigenvalue weighted by atomic mass is 35.5. The molecule has 10 nitrogen and oxygen atoms in total. The van der Waals surface area contributed by atoms with Crippen molar-refractivity contribution in [2.45, 2.75) is 0 Å². The van der Waals surface area contributed by atoms with Crippen molar-refractivity contribution in [3.05, 3.63) is 84.7 Å². The molecule has 0 atom stereocenters. The fourth-order valence-electron chi connectivity index (χ4n) is 3.25. The van der Waals surface area contributed by atoms with Crippen molar-refractivity contribution in [1.82, 2.24) is 35.0 Å². The summed E-state index contributed by atoms with van der Waals surface area (Å²) in [7, 11) is 0. The molecule has 0 bridgehead atoms. The molecule has 2 N–H and O–H groups in total. The van der Waals surface area contributed by atoms with Gasteiger partial charge in [0.05, 0.1) is 16.9 Å². The highest BCUT2D eigenvalue weighted by Gasteiger charge is 2.17. The minimum Gasteiger partial charge on any atom is -0.350 e. The summed E-state index contributed by atoms with van der Waals surface area (Å²) >= 11 is 5.97. The zero-order valence-corrected chi connectivity index (χ0v) is 15.2. The zero-order valence-electron chi connectivity index (χ0n) is 14.5. The molecule has 2 aromatic carbocycles. The van der Waals surface area contributed by atoms with E-state index in [0.29, 0.717) is 21.9 Å². The van der Waals surface area contributed by atoms with Gasteiger partial charge < -0.3 is 4.98 Å². The number of aromatic amines is 2. The standard InChI is InChI=1S/C18H10ClN7O3/c19-9-5-6-10-11(7-9)21-15-14(16(10)27)18(29)26(22-17(15)28)13-4-2-1-3-12(13)25-8-20-23-24-25/h1-8H,(H,21,27)(H,22,28). The van der Waals surface area contributed by atoms with Gasteiger partial charge in [-0.15, -0.1) is 5.10 Å². The lowest BCUT2D eigenvalue weighted by atomic mass is 10.1. The van der Waals surface area contributed by atoms with E-state index < -0.39 is 16.5 Å². The molecule has 0 aliphatic heterocycles. The van der Waals surface area contributed by atoms with E-state index in [0.717, 1.165) is 4.68 Å². The number of nitrogens with one attached hydrogen (secondary N) is 2. The molecule has 5 aromatic rings. The number of tetrazole rings is 1. The molecule has 5 rings (SSSR count). The Kier molecular flexibility index (Phi) is 3.68. The second-order valence-corrected chi connectivity index (χ2v) is 6.66. The van der Waals surface area contributed by atoms with Crippen LogP contribution >= 0.6 is 11.6 Å². The van der Waals surface area contributed by atoms with E-state index in [2.05, 4.69) is 25.6 Å². The van der Waals surface area contributed by atoms with Crippen LogP contribution in [0.15, 0.2) is 63.2 Å². The fourth-order valence-corrected chi connectivity index (χ4v) is 3.42. The van der Waals surface area contributed by atoms with E-state index in [1.165, 1.54) is 23.1 Å². The van der Waals surface area contributed by atoms with Crippen LogP contribution < -0.4 is 16.5 Å². The summed E-state index contributed by atoms with van der Waals surface area (Å²) < 4.78 is 2.36. The molecule has 29 heavy (non-hydrogen) atoms. The number of benzene rings is 2. The first-order valence-electron chi connectivity index (χ1n) is 8.38. The van der Waals surface area contributed by atoms with Crippen LogP contribution in [0.1, 0.15) is 0 Å². The van der Waals surface area contributed by atoms with Crippen molar-refractivity contribution in [2.75, 3.05) is 0 Å². The predicted octanol–water partition coefficient (Wildman–Crippen LogP) is 1.15. The smallest absolute Gasteiger partial charge is 0.287 e. The molecule has 0 amide bonds. The number of nitrogens with zero attached hydrogens (tertiary/aromatic N) is 5. The third-order valence-corrected chi connectivity index (χ3v) is 4.77. The van der Waals surface area contributed by atoms with Crippen LogP contribution in [0.3, 0.4) is 0 Å². The van der Waals surface area contributed by atoms with Gasteiger partial charge in [-0.1, -0.05) is 23.7 Å². The summed E-state index contributed by atoms with van der Waals surface area (Å²) in [5.41, 5.74) is -0.880. The molecule has 0 aliphatic rings. The molecule has 0 unspecified atom stereocenters. The van der Waals surface area contributed by atoms with Crippen molar-refractivity contribution < 1.29 is 0 Å². The summed E-state index contributed by atoms with van der Waals surface area (Å²) in [6, 6.07) is 11.3. The van der Waals surface area contributed by atoms with Crippen molar-refractivity contribution in [2.24, 2.45) is 0 Å². The Bertz CT molecular complexity index is 1580. The topological polar surface area (TPSA) is 131 Å².